The molecular formula is C18H18ClF3N4O. The third kappa shape index (κ3) is 3.96. The Labute approximate surface area is 159 Å². The van der Waals surface area contributed by atoms with Gasteiger partial charge < -0.3 is 9.64 Å². The van der Waals surface area contributed by atoms with Crippen LogP contribution in [0, 0.1) is 0 Å². The molecule has 144 valence electrons. The molecule has 4 rings (SSSR count). The summed E-state index contributed by atoms with van der Waals surface area (Å²) in [7, 11) is 0. The minimum absolute atomic E-state index is 0.0765. The number of anilines is 1. The van der Waals surface area contributed by atoms with Crippen molar-refractivity contribution in [2.45, 2.75) is 24.7 Å². The Kier molecular flexibility index (Phi) is 4.86. The molecule has 2 atom stereocenters. The fraction of sp³-hybridized carbons (Fsp3) is 0.444. The number of rotatable bonds is 3. The van der Waals surface area contributed by atoms with Crippen LogP contribution in [0.4, 0.5) is 19.0 Å². The zero-order valence-corrected chi connectivity index (χ0v) is 15.1. The number of ether oxygens (including phenoxy) is 1. The van der Waals surface area contributed by atoms with Crippen molar-refractivity contribution in [2.24, 2.45) is 0 Å². The molecule has 2 aromatic rings. The van der Waals surface area contributed by atoms with E-state index in [1.807, 2.05) is 4.90 Å². The molecule has 27 heavy (non-hydrogen) atoms. The summed E-state index contributed by atoms with van der Waals surface area (Å²) in [5, 5.41) is 0.537. The van der Waals surface area contributed by atoms with Crippen molar-refractivity contribution in [3.8, 4) is 5.88 Å². The second-order valence-electron chi connectivity index (χ2n) is 6.71. The number of nitrogens with zero attached hydrogens (tertiary/aromatic N) is 4. The number of alkyl halides is 3. The molecule has 0 bridgehead atoms. The van der Waals surface area contributed by atoms with Crippen LogP contribution in [0.5, 0.6) is 5.88 Å². The van der Waals surface area contributed by atoms with Gasteiger partial charge in [-0.2, -0.15) is 13.2 Å². The Hall–Kier alpha value is -2.06. The van der Waals surface area contributed by atoms with Gasteiger partial charge in [0.25, 0.3) is 0 Å². The van der Waals surface area contributed by atoms with Crippen LogP contribution in [0.1, 0.15) is 12.0 Å². The van der Waals surface area contributed by atoms with Crippen LogP contribution in [0.15, 0.2) is 36.7 Å². The van der Waals surface area contributed by atoms with Crippen molar-refractivity contribution in [3.05, 3.63) is 47.2 Å². The number of hydrogen-bond acceptors (Lipinski definition) is 5. The molecule has 2 aliphatic rings. The number of hydrogen-bond donors (Lipinski definition) is 0. The summed E-state index contributed by atoms with van der Waals surface area (Å²) >= 11 is 5.85. The fourth-order valence-corrected chi connectivity index (χ4v) is 3.78. The molecule has 0 unspecified atom stereocenters. The van der Waals surface area contributed by atoms with E-state index >= 15 is 0 Å². The monoisotopic (exact) mass is 398 g/mol. The highest BCUT2D eigenvalue weighted by atomic mass is 35.5. The summed E-state index contributed by atoms with van der Waals surface area (Å²) < 4.78 is 45.0. The molecule has 0 aromatic carbocycles. The van der Waals surface area contributed by atoms with Gasteiger partial charge in [-0.25, -0.2) is 9.97 Å². The number of aromatic nitrogens is 2. The molecule has 2 aromatic heterocycles. The summed E-state index contributed by atoms with van der Waals surface area (Å²) in [6.07, 6.45) is -0.863. The SMILES string of the molecule is FC(F)(F)c1ccnc(N2CCN3CC[C@@H](Oc4ccc(Cl)cn4)[C@H]3C2)c1. The second kappa shape index (κ2) is 7.16. The van der Waals surface area contributed by atoms with Gasteiger partial charge in [0.05, 0.1) is 16.6 Å². The second-order valence-corrected chi connectivity index (χ2v) is 7.15. The summed E-state index contributed by atoms with van der Waals surface area (Å²) in [5.74, 6) is 0.848. The van der Waals surface area contributed by atoms with Crippen LogP contribution in [-0.2, 0) is 6.18 Å². The molecule has 2 saturated heterocycles. The number of fused-ring (bicyclic) bond motifs is 1. The molecule has 0 radical (unpaired) electrons. The van der Waals surface area contributed by atoms with E-state index in [1.165, 1.54) is 12.4 Å². The highest BCUT2D eigenvalue weighted by Gasteiger charge is 2.40. The standard InChI is InChI=1S/C18H18ClF3N4O/c19-13-1-2-17(24-10-13)27-15-4-6-25-7-8-26(11-14(15)25)16-9-12(3-5-23-16)18(20,21)22/h1-3,5,9-10,14-15H,4,6-8,11H2/t14-,15-/m1/s1. The van der Waals surface area contributed by atoms with Gasteiger partial charge in [0.2, 0.25) is 5.88 Å². The maximum Gasteiger partial charge on any atom is 0.416 e. The van der Waals surface area contributed by atoms with E-state index in [1.54, 1.807) is 12.1 Å². The van der Waals surface area contributed by atoms with Crippen molar-refractivity contribution < 1.29 is 17.9 Å². The molecule has 0 spiro atoms. The van der Waals surface area contributed by atoms with Crippen molar-refractivity contribution in [1.82, 2.24) is 14.9 Å². The Morgan fingerprint density at radius 2 is 1.96 bits per heavy atom. The predicted octanol–water partition coefficient (Wildman–Crippen LogP) is 3.49. The fourth-order valence-electron chi connectivity index (χ4n) is 3.66. The maximum absolute atomic E-state index is 13.0. The van der Waals surface area contributed by atoms with Crippen LogP contribution < -0.4 is 9.64 Å². The summed E-state index contributed by atoms with van der Waals surface area (Å²) in [6, 6.07) is 5.62. The predicted molar refractivity (Wildman–Crippen MR) is 95.1 cm³/mol. The van der Waals surface area contributed by atoms with Gasteiger partial charge in [-0.1, -0.05) is 11.6 Å². The lowest BCUT2D eigenvalue weighted by Gasteiger charge is -2.39. The first kappa shape index (κ1) is 18.3. The average Bonchev–Trinajstić information content (AvgIpc) is 3.05. The number of pyridine rings is 2. The van der Waals surface area contributed by atoms with Gasteiger partial charge in [0, 0.05) is 44.6 Å². The first-order valence-corrected chi connectivity index (χ1v) is 9.08. The summed E-state index contributed by atoms with van der Waals surface area (Å²) in [4.78, 5) is 12.5. The van der Waals surface area contributed by atoms with E-state index in [-0.39, 0.29) is 12.1 Å². The molecule has 4 heterocycles. The first-order valence-electron chi connectivity index (χ1n) is 8.70. The lowest BCUT2D eigenvalue weighted by Crippen LogP contribution is -2.54. The Morgan fingerprint density at radius 1 is 1.11 bits per heavy atom. The van der Waals surface area contributed by atoms with Gasteiger partial charge in [-0.05, 0) is 24.6 Å². The maximum atomic E-state index is 13.0. The van der Waals surface area contributed by atoms with Gasteiger partial charge in [-0.3, -0.25) is 4.90 Å². The normalized spacial score (nSPS) is 23.3. The van der Waals surface area contributed by atoms with Crippen LogP contribution in [0.3, 0.4) is 0 Å². The van der Waals surface area contributed by atoms with Crippen LogP contribution in [0.2, 0.25) is 5.02 Å². The topological polar surface area (TPSA) is 41.5 Å². The van der Waals surface area contributed by atoms with Gasteiger partial charge >= 0.3 is 6.18 Å². The molecule has 2 fully saturated rings. The number of halogens is 4. The van der Waals surface area contributed by atoms with Gasteiger partial charge in [0.1, 0.15) is 11.9 Å². The quantitative estimate of drug-likeness (QED) is 0.791. The minimum atomic E-state index is -4.38. The van der Waals surface area contributed by atoms with E-state index < -0.39 is 11.7 Å². The average molecular weight is 399 g/mol. The molecule has 2 aliphatic heterocycles. The highest BCUT2D eigenvalue weighted by Crippen LogP contribution is 2.32. The van der Waals surface area contributed by atoms with E-state index in [4.69, 9.17) is 16.3 Å². The molecule has 0 amide bonds. The lowest BCUT2D eigenvalue weighted by molar-refractivity contribution is -0.137. The molecule has 5 nitrogen and oxygen atoms in total. The van der Waals surface area contributed by atoms with E-state index in [0.717, 1.165) is 31.6 Å². The van der Waals surface area contributed by atoms with E-state index in [0.29, 0.717) is 29.8 Å². The third-order valence-electron chi connectivity index (χ3n) is 5.03. The van der Waals surface area contributed by atoms with Crippen molar-refractivity contribution >= 4 is 17.4 Å². The number of piperazine rings is 1. The van der Waals surface area contributed by atoms with Crippen LogP contribution in [-0.4, -0.2) is 53.2 Å². The Morgan fingerprint density at radius 3 is 2.70 bits per heavy atom. The van der Waals surface area contributed by atoms with Gasteiger partial charge in [0.15, 0.2) is 0 Å². The highest BCUT2D eigenvalue weighted by molar-refractivity contribution is 6.30. The van der Waals surface area contributed by atoms with E-state index in [9.17, 15) is 13.2 Å². The largest absolute Gasteiger partial charge is 0.473 e. The molecule has 9 heteroatoms. The van der Waals surface area contributed by atoms with Crippen LogP contribution in [0.25, 0.3) is 0 Å². The molecule has 0 saturated carbocycles. The Bertz CT molecular complexity index is 802. The molecule has 0 N–H and O–H groups in total. The third-order valence-corrected chi connectivity index (χ3v) is 5.26. The van der Waals surface area contributed by atoms with Crippen molar-refractivity contribution in [1.29, 1.82) is 0 Å². The smallest absolute Gasteiger partial charge is 0.416 e. The minimum Gasteiger partial charge on any atom is -0.473 e. The zero-order valence-electron chi connectivity index (χ0n) is 14.4. The van der Waals surface area contributed by atoms with Crippen molar-refractivity contribution in [3.63, 3.8) is 0 Å². The molecule has 0 aliphatic carbocycles. The zero-order chi connectivity index (χ0) is 19.0. The lowest BCUT2D eigenvalue weighted by atomic mass is 10.1. The van der Waals surface area contributed by atoms with Gasteiger partial charge in [-0.15, -0.1) is 0 Å². The van der Waals surface area contributed by atoms with Crippen molar-refractivity contribution in [2.75, 3.05) is 31.1 Å². The Balaban J connectivity index is 1.49. The summed E-state index contributed by atoms with van der Waals surface area (Å²) in [5.41, 5.74) is -0.681. The molecular weight excluding hydrogens is 381 g/mol. The van der Waals surface area contributed by atoms with Crippen LogP contribution >= 0.6 is 11.6 Å². The first-order chi connectivity index (χ1) is 12.9. The summed E-state index contributed by atoms with van der Waals surface area (Å²) in [6.45, 7) is 2.85. The van der Waals surface area contributed by atoms with E-state index in [2.05, 4.69) is 14.9 Å².